The highest BCUT2D eigenvalue weighted by molar-refractivity contribution is 9.08. The maximum absolute atomic E-state index is 13.7. The minimum absolute atomic E-state index is 0.0299. The lowest BCUT2D eigenvalue weighted by Crippen LogP contribution is -2.47. The predicted octanol–water partition coefficient (Wildman–Crippen LogP) is 12.4. The molecule has 0 bridgehead atoms. The summed E-state index contributed by atoms with van der Waals surface area (Å²) in [6.07, 6.45) is 2.74. The normalized spacial score (nSPS) is 13.8. The molecule has 0 aliphatic carbocycles. The number of Topliss-reactive ketones (excluding diaryl/α,β-unsaturated/α-hetero) is 1. The molecule has 10 rings (SSSR count). The van der Waals surface area contributed by atoms with E-state index < -0.39 is 17.3 Å². The number of aliphatic hydroxyl groups is 1. The minimum Gasteiger partial charge on any atom is -0.494 e. The number of halogens is 2. The van der Waals surface area contributed by atoms with E-state index in [0.29, 0.717) is 101 Å². The van der Waals surface area contributed by atoms with Crippen LogP contribution in [0.3, 0.4) is 0 Å². The summed E-state index contributed by atoms with van der Waals surface area (Å²) in [5, 5.41) is 13.9. The van der Waals surface area contributed by atoms with E-state index in [1.54, 1.807) is 23.1 Å². The quantitative estimate of drug-likeness (QED) is 0.0482. The summed E-state index contributed by atoms with van der Waals surface area (Å²) in [4.78, 5) is 65.1. The summed E-state index contributed by atoms with van der Waals surface area (Å²) in [6.45, 7) is 18.5. The van der Waals surface area contributed by atoms with Crippen LogP contribution >= 0.6 is 27.5 Å². The molecule has 2 aromatic heterocycles. The number of methoxy groups -OCH3 is 5. The van der Waals surface area contributed by atoms with Gasteiger partial charge < -0.3 is 68.2 Å². The van der Waals surface area contributed by atoms with Gasteiger partial charge in [0.25, 0.3) is 11.8 Å². The number of rotatable bonds is 13. The van der Waals surface area contributed by atoms with Crippen molar-refractivity contribution in [3.8, 4) is 34.5 Å². The molecule has 2 amide bonds. The van der Waals surface area contributed by atoms with Crippen LogP contribution in [-0.4, -0.2) is 151 Å². The number of carbonyl (C=O) groups excluding carboxylic acids is 4. The number of hydrogen-bond donors (Lipinski definition) is 4. The lowest BCUT2D eigenvalue weighted by Gasteiger charge is -2.20. The van der Waals surface area contributed by atoms with Gasteiger partial charge in [0.15, 0.2) is 17.0 Å². The molecule has 1 atom stereocenters. The molecule has 20 heteroatoms. The number of ketones is 1. The molecule has 3 aliphatic heterocycles. The van der Waals surface area contributed by atoms with Crippen molar-refractivity contribution in [1.29, 1.82) is 0 Å². The molecular weight excluding hydrogens is 1140 g/mol. The van der Waals surface area contributed by atoms with Gasteiger partial charge in [0.05, 0.1) is 70.3 Å². The number of hydrogen-bond acceptors (Lipinski definition) is 14. The molecule has 0 radical (unpaired) electrons. The van der Waals surface area contributed by atoms with Gasteiger partial charge in [-0.05, 0) is 99.5 Å². The number of ether oxygens (including phenoxy) is 7. The molecule has 18 nitrogen and oxygen atoms in total. The van der Waals surface area contributed by atoms with Gasteiger partial charge >= 0.3 is 5.97 Å². The number of nitrogens with one attached hydrogen (secondary N) is 3. The second-order valence-electron chi connectivity index (χ2n) is 17.5. The molecule has 5 heterocycles. The maximum atomic E-state index is 13.7. The van der Waals surface area contributed by atoms with Crippen LogP contribution in [0.1, 0.15) is 97.9 Å². The fourth-order valence-corrected chi connectivity index (χ4v) is 9.71. The van der Waals surface area contributed by atoms with Crippen LogP contribution in [0.25, 0.3) is 32.6 Å². The average Bonchev–Trinajstić information content (AvgIpc) is 4.50. The number of anilines is 3. The third-order valence-corrected chi connectivity index (χ3v) is 13.2. The minimum atomic E-state index is -1.58. The summed E-state index contributed by atoms with van der Waals surface area (Å²) in [5.74, 6) is 3.63. The van der Waals surface area contributed by atoms with Gasteiger partial charge in [-0.2, -0.15) is 0 Å². The topological polar surface area (TPSA) is 206 Å². The largest absolute Gasteiger partial charge is 0.494 e. The van der Waals surface area contributed by atoms with Gasteiger partial charge in [-0.1, -0.05) is 81.7 Å². The Morgan fingerprint density at radius 3 is 1.79 bits per heavy atom. The summed E-state index contributed by atoms with van der Waals surface area (Å²) in [6, 6.07) is 23.3. The van der Waals surface area contributed by atoms with E-state index in [-0.39, 0.29) is 11.8 Å². The van der Waals surface area contributed by atoms with Crippen molar-refractivity contribution < 1.29 is 57.4 Å². The van der Waals surface area contributed by atoms with E-state index in [4.69, 9.17) is 38.3 Å². The van der Waals surface area contributed by atoms with Crippen LogP contribution in [0.4, 0.5) is 17.1 Å². The number of aliphatic hydroxyl groups excluding tert-OH is 1. The number of carbonyl (C=O) groups is 4. The molecule has 448 valence electrons. The third-order valence-electron chi connectivity index (χ3n) is 13.2. The molecule has 5 aromatic carbocycles. The van der Waals surface area contributed by atoms with Crippen molar-refractivity contribution in [3.05, 3.63) is 101 Å². The van der Waals surface area contributed by atoms with Crippen molar-refractivity contribution in [2.75, 3.05) is 117 Å². The van der Waals surface area contributed by atoms with Crippen LogP contribution in [0, 0.1) is 0 Å². The monoisotopic (exact) mass is 1220 g/mol. The number of nitrogens with zero attached hydrogens (tertiary/aromatic N) is 3. The molecule has 7 aromatic rings. The predicted molar refractivity (Wildman–Crippen MR) is 336 cm³/mol. The Balaban J connectivity index is 0.000000366. The van der Waals surface area contributed by atoms with Crippen molar-refractivity contribution >= 4 is 101 Å². The highest BCUT2D eigenvalue weighted by Gasteiger charge is 2.52. The first kappa shape index (κ1) is 69.1. The first-order chi connectivity index (χ1) is 39.8. The molecule has 82 heavy (non-hydrogen) atoms. The van der Waals surface area contributed by atoms with E-state index in [2.05, 4.69) is 59.8 Å². The van der Waals surface area contributed by atoms with Crippen molar-refractivity contribution in [2.45, 2.75) is 73.8 Å². The molecule has 0 saturated carbocycles. The first-order valence-electron chi connectivity index (χ1n) is 27.2. The number of H-pyrrole nitrogens is 2. The van der Waals surface area contributed by atoms with E-state index >= 15 is 0 Å². The Morgan fingerprint density at radius 2 is 1.23 bits per heavy atom. The standard InChI is InChI=1S/C27H29N3O3.C26H27N3O8.3C2H6.CH3Br.CH3Cl.CH4O/c1-4-32-26-17-25-21(20-7-5-6-8-22(20)26)11-12-30(25)27(31)24-16-18-15-19(9-10-23(18)28-24)33-14-13-29(2)3;1-26(25(32)37-6)23(30)18-13-7-8-29(15(13)11-16(33-2)20(18)28-26)24(31)14-9-12-10-17(34-3)21(35-4)22(36-5)19(12)27-14;6*1-2/h5-10,15-17,28H,4,11-14H2,1-3H3;9-11,27-28H,7-8H2,1-6H3;3*1-2H3;2*1H3;2H,1H3/t;26-;;;;;;/m.1....../s1. The van der Waals surface area contributed by atoms with E-state index in [0.717, 1.165) is 58.9 Å². The molecule has 3 aliphatic rings. The third kappa shape index (κ3) is 14.2. The molecule has 4 N–H and O–H groups in total. The van der Waals surface area contributed by atoms with Crippen LogP contribution in [-0.2, 0) is 22.4 Å². The Morgan fingerprint density at radius 1 is 0.683 bits per heavy atom. The fourth-order valence-electron chi connectivity index (χ4n) is 9.71. The number of likely N-dealkylation sites (N-methyl/N-ethyl adjacent to an activating group) is 1. The molecule has 0 spiro atoms. The van der Waals surface area contributed by atoms with Crippen molar-refractivity contribution in [3.63, 3.8) is 0 Å². The summed E-state index contributed by atoms with van der Waals surface area (Å²) < 4.78 is 38.6. The zero-order valence-electron chi connectivity index (χ0n) is 50.9. The molecule has 0 unspecified atom stereocenters. The van der Waals surface area contributed by atoms with Gasteiger partial charge in [0.1, 0.15) is 35.2 Å². The summed E-state index contributed by atoms with van der Waals surface area (Å²) >= 11 is 7.58. The van der Waals surface area contributed by atoms with Gasteiger partial charge in [-0.15, -0.1) is 11.6 Å². The smallest absolute Gasteiger partial charge is 0.339 e. The Bertz CT molecular complexity index is 3250. The molecule has 0 fully saturated rings. The number of aromatic amines is 2. The zero-order chi connectivity index (χ0) is 61.6. The number of aromatic nitrogens is 2. The van der Waals surface area contributed by atoms with E-state index in [1.807, 2.05) is 116 Å². The van der Waals surface area contributed by atoms with Crippen LogP contribution < -0.4 is 43.5 Å². The van der Waals surface area contributed by atoms with Gasteiger partial charge in [-0.3, -0.25) is 14.4 Å². The maximum Gasteiger partial charge on any atom is 0.339 e. The fraction of sp³-hybridized carbons (Fsp3) is 0.419. The van der Waals surface area contributed by atoms with E-state index in [9.17, 15) is 19.2 Å². The van der Waals surface area contributed by atoms with Crippen LogP contribution in [0.2, 0.25) is 0 Å². The second kappa shape index (κ2) is 33.0. The number of amides is 2. The zero-order valence-corrected chi connectivity index (χ0v) is 53.3. The average molecular weight is 1220 g/mol. The molecular formula is C62H84BrClN6O12. The Kier molecular flexibility index (Phi) is 27.8. The van der Waals surface area contributed by atoms with Gasteiger partial charge in [0.2, 0.25) is 11.5 Å². The van der Waals surface area contributed by atoms with E-state index in [1.165, 1.54) is 54.4 Å². The van der Waals surface area contributed by atoms with Gasteiger partial charge in [0, 0.05) is 66.9 Å². The van der Waals surface area contributed by atoms with Gasteiger partial charge in [-0.25, -0.2) is 4.79 Å². The summed E-state index contributed by atoms with van der Waals surface area (Å²) in [7, 11) is 12.3. The highest BCUT2D eigenvalue weighted by atomic mass is 79.9. The SMILES string of the molecule is CBr.CC.CC.CC.CCOc1cc2c(c3ccccc13)CCN2C(=O)c1cc2cc(OCCN(C)C)ccc2[nH]1.CCl.CO.COC(=O)[C@]1(C)Nc2c(OC)cc3c(c2C1=O)CCN3C(=O)c1cc2cc(OC)c(OC)c(OC)c2[nH]1. The lowest BCUT2D eigenvalue weighted by atomic mass is 9.92. The van der Waals surface area contributed by atoms with Crippen LogP contribution in [0.15, 0.2) is 72.8 Å². The van der Waals surface area contributed by atoms with Crippen molar-refractivity contribution in [2.24, 2.45) is 0 Å². The molecule has 0 saturated heterocycles. The lowest BCUT2D eigenvalue weighted by molar-refractivity contribution is -0.143. The first-order valence-corrected chi connectivity index (χ1v) is 29.5. The Hall–Kier alpha value is -7.19. The second-order valence-corrected chi connectivity index (χ2v) is 17.5. The van der Waals surface area contributed by atoms with Crippen LogP contribution in [0.5, 0.6) is 34.5 Å². The number of alkyl halides is 2. The summed E-state index contributed by atoms with van der Waals surface area (Å²) in [5.41, 5.74) is 4.94. The van der Waals surface area contributed by atoms with Crippen molar-refractivity contribution in [1.82, 2.24) is 14.9 Å². The number of benzene rings is 5. The Labute approximate surface area is 496 Å². The number of esters is 1. The number of fused-ring (bicyclic) bond motifs is 8. The highest BCUT2D eigenvalue weighted by Crippen LogP contribution is 2.49.